The molecule has 1 unspecified atom stereocenters. The fraction of sp³-hybridized carbons (Fsp3) is 0.727. The van der Waals surface area contributed by atoms with E-state index in [1.807, 2.05) is 0 Å². The highest BCUT2D eigenvalue weighted by Crippen LogP contribution is 2.51. The summed E-state index contributed by atoms with van der Waals surface area (Å²) in [6.07, 6.45) is -0.790. The lowest BCUT2D eigenvalue weighted by atomic mass is 9.98. The Morgan fingerprint density at radius 3 is 2.55 bits per heavy atom. The molecule has 3 N–H and O–H groups in total. The van der Waals surface area contributed by atoms with Gasteiger partial charge in [-0.15, -0.1) is 0 Å². The maximum Gasteiger partial charge on any atom is 0.474 e. The van der Waals surface area contributed by atoms with Gasteiger partial charge in [-0.25, -0.2) is 9.36 Å². The van der Waals surface area contributed by atoms with Crippen LogP contribution in [0.4, 0.5) is 5.82 Å². The Morgan fingerprint density at radius 2 is 1.98 bits per heavy atom. The minimum atomic E-state index is -4.32. The quantitative estimate of drug-likeness (QED) is 0.0944. The Labute approximate surface area is 240 Å². The molecule has 1 aromatic rings. The molecule has 18 heteroatoms. The first-order valence-corrected chi connectivity index (χ1v) is 15.8. The number of rotatable bonds is 15. The number of nitrogens with two attached hydrogens (primary N) is 1. The van der Waals surface area contributed by atoms with Crippen molar-refractivity contribution in [1.29, 1.82) is 0 Å². The molecule has 1 aliphatic heterocycles. The highest BCUT2D eigenvalue weighted by molar-refractivity contribution is 8.13. The number of nitrogen functional groups attached to an aromatic ring is 1. The number of carbonyl (C=O) groups is 2. The van der Waals surface area contributed by atoms with Gasteiger partial charge in [0.2, 0.25) is 0 Å². The number of ether oxygens (including phenoxy) is 1. The number of hydrogen-bond acceptors (Lipinski definition) is 14. The van der Waals surface area contributed by atoms with Gasteiger partial charge in [0.1, 0.15) is 17.6 Å². The van der Waals surface area contributed by atoms with E-state index in [9.17, 15) is 24.1 Å². The minimum Gasteiger partial charge on any atom is -0.390 e. The van der Waals surface area contributed by atoms with Crippen molar-refractivity contribution in [1.82, 2.24) is 9.55 Å². The molecule has 0 bridgehead atoms. The Balaban J connectivity index is 2.18. The molecule has 224 valence electrons. The lowest BCUT2D eigenvalue weighted by Gasteiger charge is -2.31. The molecular weight excluding hydrogens is 587 g/mol. The monoisotopic (exact) mass is 622 g/mol. The van der Waals surface area contributed by atoms with Crippen molar-refractivity contribution < 1.29 is 37.6 Å². The summed E-state index contributed by atoms with van der Waals surface area (Å²) in [7, 11) is -4.32. The molecule has 1 fully saturated rings. The van der Waals surface area contributed by atoms with E-state index < -0.39 is 50.0 Å². The molecule has 40 heavy (non-hydrogen) atoms. The maximum atomic E-state index is 13.5. The van der Waals surface area contributed by atoms with E-state index in [2.05, 4.69) is 15.0 Å². The molecule has 0 saturated carbocycles. The van der Waals surface area contributed by atoms with Gasteiger partial charge in [0.25, 0.3) is 0 Å². The molecule has 0 aliphatic carbocycles. The fourth-order valence-corrected chi connectivity index (χ4v) is 6.16. The molecule has 1 aromatic heterocycles. The molecule has 15 nitrogen and oxygen atoms in total. The van der Waals surface area contributed by atoms with Gasteiger partial charge < -0.3 is 15.6 Å². The first-order chi connectivity index (χ1) is 18.7. The van der Waals surface area contributed by atoms with Crippen LogP contribution in [-0.4, -0.2) is 74.5 Å². The summed E-state index contributed by atoms with van der Waals surface area (Å²) in [6.45, 7) is 5.65. The number of aliphatic hydroxyl groups excluding tert-OH is 1. The standard InChI is InChI=1S/C22H35N6O9PS2/c1-5-18(30)39-10-8-34-38(33,35-9-11-40-19(31)21(2,3)4)36-14-22(13-25-27-24)15(29)12-17(37-22)28-7-6-16(23)26-20(28)32/h6-7,15,17,29H,5,8-14H2,1-4H3,(H2,23,26,32)/t15-,17+,22+,38?/m0/s1. The van der Waals surface area contributed by atoms with Crippen molar-refractivity contribution in [2.45, 2.75) is 58.5 Å². The third-order valence-electron chi connectivity index (χ3n) is 5.50. The van der Waals surface area contributed by atoms with E-state index in [4.69, 9.17) is 29.6 Å². The summed E-state index contributed by atoms with van der Waals surface area (Å²) in [5.74, 6) is 0.340. The summed E-state index contributed by atoms with van der Waals surface area (Å²) >= 11 is 2.00. The zero-order valence-electron chi connectivity index (χ0n) is 22.8. The molecule has 1 saturated heterocycles. The first kappa shape index (κ1) is 34.3. The zero-order chi connectivity index (χ0) is 30.0. The molecule has 0 spiro atoms. The van der Waals surface area contributed by atoms with Crippen LogP contribution in [0.3, 0.4) is 0 Å². The number of thioether (sulfide) groups is 2. The lowest BCUT2D eigenvalue weighted by molar-refractivity contribution is -0.121. The van der Waals surface area contributed by atoms with Gasteiger partial charge in [-0.2, -0.15) is 4.98 Å². The van der Waals surface area contributed by atoms with Crippen molar-refractivity contribution in [2.75, 3.05) is 43.6 Å². The average Bonchev–Trinajstić information content (AvgIpc) is 3.21. The molecule has 0 aromatic carbocycles. The van der Waals surface area contributed by atoms with E-state index in [0.29, 0.717) is 6.42 Å². The molecular formula is C22H35N6O9PS2. The first-order valence-electron chi connectivity index (χ1n) is 12.3. The van der Waals surface area contributed by atoms with Crippen LogP contribution in [-0.2, 0) is 32.5 Å². The van der Waals surface area contributed by atoms with Gasteiger partial charge in [-0.1, -0.05) is 56.3 Å². The minimum absolute atomic E-state index is 0.000119. The fourth-order valence-electron chi connectivity index (χ4n) is 3.30. The second-order valence-electron chi connectivity index (χ2n) is 9.67. The Morgan fingerprint density at radius 1 is 1.32 bits per heavy atom. The summed E-state index contributed by atoms with van der Waals surface area (Å²) in [5.41, 5.74) is 11.4. The van der Waals surface area contributed by atoms with E-state index >= 15 is 0 Å². The number of aromatic nitrogens is 2. The van der Waals surface area contributed by atoms with Crippen LogP contribution in [0.25, 0.3) is 10.4 Å². The maximum absolute atomic E-state index is 13.5. The molecule has 2 heterocycles. The molecule has 0 amide bonds. The van der Waals surface area contributed by atoms with Gasteiger partial charge in [0.05, 0.1) is 32.5 Å². The van der Waals surface area contributed by atoms with E-state index in [1.165, 1.54) is 12.3 Å². The van der Waals surface area contributed by atoms with Crippen LogP contribution in [0.15, 0.2) is 22.2 Å². The number of phosphoric ester groups is 1. The highest BCUT2D eigenvalue weighted by atomic mass is 32.2. The lowest BCUT2D eigenvalue weighted by Crippen LogP contribution is -2.47. The Kier molecular flexibility index (Phi) is 13.1. The van der Waals surface area contributed by atoms with Gasteiger partial charge >= 0.3 is 13.5 Å². The van der Waals surface area contributed by atoms with Gasteiger partial charge in [-0.05, 0) is 11.6 Å². The average molecular weight is 623 g/mol. The summed E-state index contributed by atoms with van der Waals surface area (Å²) in [6, 6.07) is 1.38. The van der Waals surface area contributed by atoms with Crippen molar-refractivity contribution in [3.8, 4) is 0 Å². The van der Waals surface area contributed by atoms with Crippen molar-refractivity contribution in [3.63, 3.8) is 0 Å². The van der Waals surface area contributed by atoms with Crippen LogP contribution < -0.4 is 11.4 Å². The van der Waals surface area contributed by atoms with Crippen molar-refractivity contribution >= 4 is 47.4 Å². The molecule has 0 radical (unpaired) electrons. The van der Waals surface area contributed by atoms with Crippen LogP contribution in [0, 0.1) is 5.41 Å². The highest BCUT2D eigenvalue weighted by Gasteiger charge is 2.50. The summed E-state index contributed by atoms with van der Waals surface area (Å²) < 4.78 is 37.0. The van der Waals surface area contributed by atoms with Crippen LogP contribution >= 0.6 is 31.3 Å². The zero-order valence-corrected chi connectivity index (χ0v) is 25.3. The van der Waals surface area contributed by atoms with Gasteiger partial charge in [0, 0.05) is 40.9 Å². The number of aliphatic hydroxyl groups is 1. The summed E-state index contributed by atoms with van der Waals surface area (Å²) in [5, 5.41) is 14.2. The molecule has 4 atom stereocenters. The SMILES string of the molecule is CCC(=O)SCCOP(=O)(OCCSC(=O)C(C)(C)C)OC[C@@]1(CN=[N+]=[N-])O[C@@H](n2ccc(N)nc2=O)C[C@@H]1O. The van der Waals surface area contributed by atoms with Crippen molar-refractivity contribution in [2.24, 2.45) is 10.5 Å². The predicted molar refractivity (Wildman–Crippen MR) is 151 cm³/mol. The number of nitrogens with zero attached hydrogens (tertiary/aromatic N) is 5. The van der Waals surface area contributed by atoms with E-state index in [-0.39, 0.29) is 47.2 Å². The van der Waals surface area contributed by atoms with Gasteiger partial charge in [-0.3, -0.25) is 27.7 Å². The number of azide groups is 1. The number of phosphoric acid groups is 1. The number of carbonyl (C=O) groups excluding carboxylic acids is 2. The number of anilines is 1. The number of hydrogen-bond donors (Lipinski definition) is 2. The largest absolute Gasteiger partial charge is 0.474 e. The van der Waals surface area contributed by atoms with E-state index in [0.717, 1.165) is 28.1 Å². The van der Waals surface area contributed by atoms with Crippen LogP contribution in [0.2, 0.25) is 0 Å². The predicted octanol–water partition coefficient (Wildman–Crippen LogP) is 3.29. The van der Waals surface area contributed by atoms with E-state index in [1.54, 1.807) is 27.7 Å². The molecule has 1 aliphatic rings. The smallest absolute Gasteiger partial charge is 0.390 e. The molecule has 2 rings (SSSR count). The normalized spacial score (nSPS) is 22.4. The Hall–Kier alpha value is -1.94. The second kappa shape index (κ2) is 15.3. The topological polar surface area (TPSA) is 218 Å². The summed E-state index contributed by atoms with van der Waals surface area (Å²) in [4.78, 5) is 42.4. The van der Waals surface area contributed by atoms with Crippen LogP contribution in [0.1, 0.15) is 46.8 Å². The third-order valence-corrected chi connectivity index (χ3v) is 9.17. The second-order valence-corrected chi connectivity index (χ2v) is 13.6. The Bertz CT molecular complexity index is 1190. The van der Waals surface area contributed by atoms with Crippen molar-refractivity contribution in [3.05, 3.63) is 33.2 Å². The third kappa shape index (κ3) is 10.2. The van der Waals surface area contributed by atoms with Crippen LogP contribution in [0.5, 0.6) is 0 Å². The van der Waals surface area contributed by atoms with Gasteiger partial charge in [0.15, 0.2) is 10.2 Å².